The van der Waals surface area contributed by atoms with Gasteiger partial charge in [-0.1, -0.05) is 6.07 Å². The van der Waals surface area contributed by atoms with Crippen molar-refractivity contribution in [2.45, 2.75) is 38.1 Å². The number of ether oxygens (including phenoxy) is 2. The molecule has 0 unspecified atom stereocenters. The van der Waals surface area contributed by atoms with Crippen molar-refractivity contribution in [3.05, 3.63) is 23.8 Å². The zero-order valence-electron chi connectivity index (χ0n) is 15.2. The van der Waals surface area contributed by atoms with Crippen LogP contribution in [0.3, 0.4) is 0 Å². The first-order valence-electron chi connectivity index (χ1n) is 8.83. The predicted molar refractivity (Wildman–Crippen MR) is 89.2 cm³/mol. The molecule has 1 amide bonds. The van der Waals surface area contributed by atoms with Gasteiger partial charge < -0.3 is 14.8 Å². The minimum Gasteiger partial charge on any atom is -0.496 e. The summed E-state index contributed by atoms with van der Waals surface area (Å²) in [4.78, 5) is 13.8. The van der Waals surface area contributed by atoms with Crippen LogP contribution in [0.25, 0.3) is 0 Å². The Bertz CT molecular complexity index is 740. The van der Waals surface area contributed by atoms with E-state index in [-0.39, 0.29) is 24.7 Å². The van der Waals surface area contributed by atoms with Crippen molar-refractivity contribution in [3.63, 3.8) is 0 Å². The summed E-state index contributed by atoms with van der Waals surface area (Å²) in [7, 11) is 1.27. The summed E-state index contributed by atoms with van der Waals surface area (Å²) in [5.74, 6) is -3.78. The largest absolute Gasteiger partial charge is 0.573 e. The van der Waals surface area contributed by atoms with Crippen molar-refractivity contribution in [2.75, 3.05) is 26.7 Å². The lowest BCUT2D eigenvalue weighted by Gasteiger charge is -2.46. The van der Waals surface area contributed by atoms with E-state index in [2.05, 4.69) is 10.1 Å². The Hall–Kier alpha value is -2.10. The Morgan fingerprint density at radius 1 is 1.25 bits per heavy atom. The van der Waals surface area contributed by atoms with Gasteiger partial charge in [-0.05, 0) is 18.9 Å². The quantitative estimate of drug-likeness (QED) is 0.777. The zero-order chi connectivity index (χ0) is 20.6. The molecule has 1 aromatic carbocycles. The number of methoxy groups -OCH3 is 1. The molecule has 5 nitrogen and oxygen atoms in total. The van der Waals surface area contributed by atoms with E-state index in [1.165, 1.54) is 18.1 Å². The fraction of sp³-hybridized carbons (Fsp3) is 0.611. The van der Waals surface area contributed by atoms with Crippen LogP contribution in [0, 0.1) is 5.41 Å². The van der Waals surface area contributed by atoms with Crippen LogP contribution in [0.4, 0.5) is 22.0 Å². The van der Waals surface area contributed by atoms with Crippen LogP contribution >= 0.6 is 0 Å². The first kappa shape index (κ1) is 20.6. The molecule has 3 rings (SSSR count). The van der Waals surface area contributed by atoms with Crippen LogP contribution in [0.5, 0.6) is 11.5 Å². The summed E-state index contributed by atoms with van der Waals surface area (Å²) in [6.45, 7) is 0.102. The molecule has 2 saturated heterocycles. The van der Waals surface area contributed by atoms with Crippen molar-refractivity contribution in [3.8, 4) is 11.5 Å². The van der Waals surface area contributed by atoms with Gasteiger partial charge in [0.15, 0.2) is 0 Å². The lowest BCUT2D eigenvalue weighted by atomic mass is 9.72. The first-order chi connectivity index (χ1) is 13.0. The van der Waals surface area contributed by atoms with Gasteiger partial charge in [-0.25, -0.2) is 8.78 Å². The summed E-state index contributed by atoms with van der Waals surface area (Å²) in [5, 5.41) is 2.67. The number of carbonyl (C=O) groups is 1. The Labute approximate surface area is 158 Å². The van der Waals surface area contributed by atoms with Gasteiger partial charge in [-0.3, -0.25) is 9.69 Å². The van der Waals surface area contributed by atoms with Gasteiger partial charge >= 0.3 is 6.36 Å². The first-order valence-corrected chi connectivity index (χ1v) is 8.83. The van der Waals surface area contributed by atoms with E-state index in [1.807, 2.05) is 0 Å². The lowest BCUT2D eigenvalue weighted by molar-refractivity contribution is -0.274. The number of nitrogens with zero attached hydrogens (tertiary/aromatic N) is 1. The lowest BCUT2D eigenvalue weighted by Crippen LogP contribution is -2.59. The highest BCUT2D eigenvalue weighted by Gasteiger charge is 2.53. The maximum atomic E-state index is 14.4. The summed E-state index contributed by atoms with van der Waals surface area (Å²) in [6.07, 6.45) is -4.34. The van der Waals surface area contributed by atoms with E-state index in [0.29, 0.717) is 24.9 Å². The number of hydrogen-bond acceptors (Lipinski definition) is 4. The van der Waals surface area contributed by atoms with Crippen LogP contribution in [0.15, 0.2) is 18.2 Å². The summed E-state index contributed by atoms with van der Waals surface area (Å²) < 4.78 is 74.9. The molecular weight excluding hydrogens is 387 g/mol. The third kappa shape index (κ3) is 4.65. The van der Waals surface area contributed by atoms with Crippen LogP contribution in [0.2, 0.25) is 0 Å². The second kappa shape index (κ2) is 7.38. The fourth-order valence-electron chi connectivity index (χ4n) is 4.07. The molecule has 1 spiro atoms. The van der Waals surface area contributed by atoms with Crippen molar-refractivity contribution in [2.24, 2.45) is 5.41 Å². The molecule has 10 heteroatoms. The topological polar surface area (TPSA) is 50.8 Å². The molecule has 0 saturated carbocycles. The number of halogens is 5. The standard InChI is InChI=1S/C18H21F5N2O3/c1-27-14-7-13(28-18(21,22)23)4-3-12(14)8-25-10-16(9-17(19,20)11-25)5-2-6-24-15(16)26/h3-4,7H,2,5-6,8-11H2,1H3,(H,24,26)/t16-/m0/s1. The number of nitrogens with one attached hydrogen (secondary N) is 1. The molecule has 0 aliphatic carbocycles. The van der Waals surface area contributed by atoms with E-state index < -0.39 is 36.4 Å². The number of alkyl halides is 5. The molecule has 2 aliphatic rings. The maximum absolute atomic E-state index is 14.4. The highest BCUT2D eigenvalue weighted by Crippen LogP contribution is 2.44. The van der Waals surface area contributed by atoms with Crippen LogP contribution < -0.4 is 14.8 Å². The van der Waals surface area contributed by atoms with Gasteiger partial charge in [-0.15, -0.1) is 13.2 Å². The highest BCUT2D eigenvalue weighted by atomic mass is 19.4. The van der Waals surface area contributed by atoms with Gasteiger partial charge in [0.1, 0.15) is 11.5 Å². The number of hydrogen-bond donors (Lipinski definition) is 1. The summed E-state index contributed by atoms with van der Waals surface area (Å²) >= 11 is 0. The normalized spacial score (nSPS) is 25.4. The third-order valence-electron chi connectivity index (χ3n) is 5.06. The van der Waals surface area contributed by atoms with E-state index >= 15 is 0 Å². The molecule has 1 aromatic rings. The van der Waals surface area contributed by atoms with Gasteiger partial charge in [-0.2, -0.15) is 0 Å². The van der Waals surface area contributed by atoms with E-state index in [9.17, 15) is 26.7 Å². The second-order valence-corrected chi connectivity index (χ2v) is 7.34. The molecule has 2 fully saturated rings. The summed E-state index contributed by atoms with van der Waals surface area (Å²) in [6, 6.07) is 3.52. The molecular formula is C18H21F5N2O3. The second-order valence-electron chi connectivity index (χ2n) is 7.34. The van der Waals surface area contributed by atoms with E-state index in [4.69, 9.17) is 4.74 Å². The minimum atomic E-state index is -4.85. The van der Waals surface area contributed by atoms with Gasteiger partial charge in [0, 0.05) is 37.7 Å². The third-order valence-corrected chi connectivity index (χ3v) is 5.06. The molecule has 0 radical (unpaired) electrons. The maximum Gasteiger partial charge on any atom is 0.573 e. The Morgan fingerprint density at radius 3 is 2.64 bits per heavy atom. The molecule has 2 aliphatic heterocycles. The van der Waals surface area contributed by atoms with Crippen LogP contribution in [-0.2, 0) is 11.3 Å². The monoisotopic (exact) mass is 408 g/mol. The molecule has 0 bridgehead atoms. The number of amides is 1. The molecule has 156 valence electrons. The fourth-order valence-corrected chi connectivity index (χ4v) is 4.07. The Morgan fingerprint density at radius 2 is 2.00 bits per heavy atom. The average Bonchev–Trinajstić information content (AvgIpc) is 2.56. The van der Waals surface area contributed by atoms with Crippen molar-refractivity contribution in [1.29, 1.82) is 0 Å². The van der Waals surface area contributed by atoms with Crippen molar-refractivity contribution in [1.82, 2.24) is 10.2 Å². The Balaban J connectivity index is 1.81. The molecule has 1 atom stereocenters. The average molecular weight is 408 g/mol. The zero-order valence-corrected chi connectivity index (χ0v) is 15.2. The predicted octanol–water partition coefficient (Wildman–Crippen LogP) is 3.33. The van der Waals surface area contributed by atoms with E-state index in [1.54, 1.807) is 0 Å². The molecule has 1 N–H and O–H groups in total. The SMILES string of the molecule is COc1cc(OC(F)(F)F)ccc1CN1CC(F)(F)C[C@@]2(CCCNC2=O)C1. The summed E-state index contributed by atoms with van der Waals surface area (Å²) in [5.41, 5.74) is -0.729. The number of benzene rings is 1. The van der Waals surface area contributed by atoms with Crippen LogP contribution in [0.1, 0.15) is 24.8 Å². The Kier molecular flexibility index (Phi) is 5.44. The minimum absolute atomic E-state index is 0.0140. The number of rotatable bonds is 4. The molecule has 28 heavy (non-hydrogen) atoms. The highest BCUT2D eigenvalue weighted by molar-refractivity contribution is 5.83. The number of piperidine rings is 2. The van der Waals surface area contributed by atoms with Gasteiger partial charge in [0.25, 0.3) is 5.92 Å². The van der Waals surface area contributed by atoms with Crippen molar-refractivity contribution >= 4 is 5.91 Å². The van der Waals surface area contributed by atoms with Crippen molar-refractivity contribution < 1.29 is 36.2 Å². The number of carbonyl (C=O) groups excluding carboxylic acids is 1. The van der Waals surface area contributed by atoms with Crippen LogP contribution in [-0.4, -0.2) is 49.8 Å². The smallest absolute Gasteiger partial charge is 0.496 e. The number of likely N-dealkylation sites (tertiary alicyclic amines) is 1. The van der Waals surface area contributed by atoms with E-state index in [0.717, 1.165) is 12.1 Å². The molecule has 2 heterocycles. The molecule has 0 aromatic heterocycles. The van der Waals surface area contributed by atoms with Gasteiger partial charge in [0.2, 0.25) is 5.91 Å². The van der Waals surface area contributed by atoms with Gasteiger partial charge in [0.05, 0.1) is 19.1 Å².